The third-order valence-electron chi connectivity index (χ3n) is 3.39. The predicted octanol–water partition coefficient (Wildman–Crippen LogP) is 4.33. The van der Waals surface area contributed by atoms with E-state index in [2.05, 4.69) is 0 Å². The molecule has 0 amide bonds. The summed E-state index contributed by atoms with van der Waals surface area (Å²) >= 11 is 7.66. The van der Waals surface area contributed by atoms with Crippen molar-refractivity contribution >= 4 is 35.0 Å². The van der Waals surface area contributed by atoms with Crippen molar-refractivity contribution in [1.82, 2.24) is 0 Å². The molecule has 23 heavy (non-hydrogen) atoms. The molecule has 6 heteroatoms. The molecule has 1 aliphatic rings. The Hall–Kier alpha value is -1.82. The van der Waals surface area contributed by atoms with E-state index >= 15 is 0 Å². The minimum absolute atomic E-state index is 0.107. The van der Waals surface area contributed by atoms with E-state index in [1.54, 1.807) is 29.5 Å². The van der Waals surface area contributed by atoms with Crippen molar-refractivity contribution in [3.63, 3.8) is 0 Å². The first-order valence-corrected chi connectivity index (χ1v) is 8.30. The molecule has 0 N–H and O–H groups in total. The van der Waals surface area contributed by atoms with Crippen LogP contribution in [-0.2, 0) is 27.5 Å². The van der Waals surface area contributed by atoms with Gasteiger partial charge in [0.25, 0.3) is 0 Å². The quantitative estimate of drug-likeness (QED) is 0.608. The number of carbonyl (C=O) groups is 1. The van der Waals surface area contributed by atoms with Gasteiger partial charge in [0.15, 0.2) is 6.79 Å². The van der Waals surface area contributed by atoms with E-state index in [0.29, 0.717) is 17.4 Å². The summed E-state index contributed by atoms with van der Waals surface area (Å²) in [5, 5.41) is 2.55. The van der Waals surface area contributed by atoms with Gasteiger partial charge in [-0.1, -0.05) is 11.6 Å². The Labute approximate surface area is 143 Å². The van der Waals surface area contributed by atoms with Crippen molar-refractivity contribution in [3.05, 3.63) is 56.2 Å². The van der Waals surface area contributed by atoms with E-state index in [-0.39, 0.29) is 13.4 Å². The first kappa shape index (κ1) is 16.1. The van der Waals surface area contributed by atoms with Crippen LogP contribution in [0.3, 0.4) is 0 Å². The van der Waals surface area contributed by atoms with E-state index in [4.69, 9.17) is 25.8 Å². The Morgan fingerprint density at radius 3 is 3.13 bits per heavy atom. The number of thiophene rings is 1. The molecule has 0 unspecified atom stereocenters. The lowest BCUT2D eigenvalue weighted by Crippen LogP contribution is -2.14. The number of rotatable bonds is 4. The average molecular weight is 351 g/mol. The summed E-state index contributed by atoms with van der Waals surface area (Å²) in [5.41, 5.74) is 2.74. The number of carbonyl (C=O) groups excluding carboxylic acids is 1. The van der Waals surface area contributed by atoms with E-state index < -0.39 is 5.97 Å². The molecule has 0 radical (unpaired) electrons. The first-order chi connectivity index (χ1) is 11.1. The van der Waals surface area contributed by atoms with Gasteiger partial charge in [-0.05, 0) is 42.1 Å². The number of hydrogen-bond acceptors (Lipinski definition) is 5. The van der Waals surface area contributed by atoms with E-state index in [0.717, 1.165) is 21.6 Å². The maximum absolute atomic E-state index is 11.9. The molecule has 2 heterocycles. The van der Waals surface area contributed by atoms with Gasteiger partial charge in [-0.2, -0.15) is 0 Å². The number of esters is 1. The van der Waals surface area contributed by atoms with Gasteiger partial charge in [-0.3, -0.25) is 0 Å². The summed E-state index contributed by atoms with van der Waals surface area (Å²) in [6.07, 6.45) is 3.19. The summed E-state index contributed by atoms with van der Waals surface area (Å²) in [6, 6.07) is 5.54. The summed E-state index contributed by atoms with van der Waals surface area (Å²) < 4.78 is 16.0. The van der Waals surface area contributed by atoms with Crippen molar-refractivity contribution in [3.8, 4) is 5.75 Å². The average Bonchev–Trinajstić information content (AvgIpc) is 2.95. The first-order valence-electron chi connectivity index (χ1n) is 7.04. The Morgan fingerprint density at radius 2 is 2.35 bits per heavy atom. The van der Waals surface area contributed by atoms with Crippen molar-refractivity contribution < 1.29 is 19.0 Å². The smallest absolute Gasteiger partial charge is 0.331 e. The topological polar surface area (TPSA) is 44.8 Å². The second kappa shape index (κ2) is 7.17. The van der Waals surface area contributed by atoms with Crippen molar-refractivity contribution in [2.45, 2.75) is 20.1 Å². The Balaban J connectivity index is 1.66. The van der Waals surface area contributed by atoms with Gasteiger partial charge < -0.3 is 14.2 Å². The molecule has 0 spiro atoms. The molecule has 0 atom stereocenters. The third-order valence-corrected chi connectivity index (χ3v) is 4.60. The van der Waals surface area contributed by atoms with Crippen LogP contribution in [0.5, 0.6) is 5.75 Å². The maximum atomic E-state index is 11.9. The number of benzene rings is 1. The molecule has 2 aromatic rings. The minimum Gasteiger partial charge on any atom is -0.467 e. The van der Waals surface area contributed by atoms with Crippen molar-refractivity contribution in [2.24, 2.45) is 0 Å². The summed E-state index contributed by atoms with van der Waals surface area (Å²) in [5.74, 6) is 0.283. The lowest BCUT2D eigenvalue weighted by molar-refractivity contribution is -0.139. The Kier molecular flexibility index (Phi) is 5.00. The standard InChI is InChI=1S/C17H15ClO4S/c1-11-4-5-23-15(11)2-3-16(19)21-9-13-7-14(18)6-12-8-20-10-22-17(12)13/h2-7H,8-10H2,1H3/b3-2+. The highest BCUT2D eigenvalue weighted by Gasteiger charge is 2.17. The second-order valence-electron chi connectivity index (χ2n) is 5.07. The maximum Gasteiger partial charge on any atom is 0.331 e. The minimum atomic E-state index is -0.404. The molecule has 0 fully saturated rings. The molecule has 3 rings (SSSR count). The van der Waals surface area contributed by atoms with Gasteiger partial charge in [0.05, 0.1) is 6.61 Å². The largest absolute Gasteiger partial charge is 0.467 e. The Bertz CT molecular complexity index is 751. The zero-order valence-electron chi connectivity index (χ0n) is 12.5. The SMILES string of the molecule is Cc1ccsc1/C=C/C(=O)OCc1cc(Cl)cc2c1OCOC2. The van der Waals surface area contributed by atoms with Crippen LogP contribution < -0.4 is 4.74 Å². The second-order valence-corrected chi connectivity index (χ2v) is 6.46. The lowest BCUT2D eigenvalue weighted by Gasteiger charge is -2.20. The van der Waals surface area contributed by atoms with Crippen LogP contribution in [0.2, 0.25) is 5.02 Å². The number of hydrogen-bond donors (Lipinski definition) is 0. The molecule has 1 aliphatic heterocycles. The molecule has 1 aromatic heterocycles. The van der Waals surface area contributed by atoms with Crippen molar-refractivity contribution in [2.75, 3.05) is 6.79 Å². The van der Waals surface area contributed by atoms with Gasteiger partial charge in [0, 0.05) is 27.1 Å². The summed E-state index contributed by atoms with van der Waals surface area (Å²) in [7, 11) is 0. The summed E-state index contributed by atoms with van der Waals surface area (Å²) in [4.78, 5) is 12.9. The monoisotopic (exact) mass is 350 g/mol. The molecule has 0 aliphatic carbocycles. The molecule has 1 aromatic carbocycles. The van der Waals surface area contributed by atoms with Crippen LogP contribution in [0, 0.1) is 6.92 Å². The highest BCUT2D eigenvalue weighted by atomic mass is 35.5. The van der Waals surface area contributed by atoms with Gasteiger partial charge in [0.2, 0.25) is 0 Å². The van der Waals surface area contributed by atoms with Gasteiger partial charge in [-0.15, -0.1) is 11.3 Å². The van der Waals surface area contributed by atoms with Gasteiger partial charge in [0.1, 0.15) is 12.4 Å². The zero-order valence-corrected chi connectivity index (χ0v) is 14.1. The molecule has 0 saturated heterocycles. The van der Waals surface area contributed by atoms with Gasteiger partial charge >= 0.3 is 5.97 Å². The molecule has 0 bridgehead atoms. The van der Waals surface area contributed by atoms with Crippen LogP contribution in [0.15, 0.2) is 29.7 Å². The van der Waals surface area contributed by atoms with E-state index in [1.165, 1.54) is 6.08 Å². The van der Waals surface area contributed by atoms with E-state index in [9.17, 15) is 4.79 Å². The molecule has 120 valence electrons. The number of ether oxygens (including phenoxy) is 3. The van der Waals surface area contributed by atoms with Crippen LogP contribution >= 0.6 is 22.9 Å². The normalized spacial score (nSPS) is 13.7. The highest BCUT2D eigenvalue weighted by molar-refractivity contribution is 7.11. The molecule has 0 saturated carbocycles. The number of halogens is 1. The summed E-state index contributed by atoms with van der Waals surface area (Å²) in [6.45, 7) is 2.73. The fourth-order valence-corrected chi connectivity index (χ4v) is 3.34. The lowest BCUT2D eigenvalue weighted by atomic mass is 10.1. The molecular formula is C17H15ClO4S. The van der Waals surface area contributed by atoms with Gasteiger partial charge in [-0.25, -0.2) is 4.79 Å². The van der Waals surface area contributed by atoms with Crippen LogP contribution in [0.1, 0.15) is 21.6 Å². The third kappa shape index (κ3) is 3.93. The zero-order chi connectivity index (χ0) is 16.2. The van der Waals surface area contributed by atoms with Crippen LogP contribution in [-0.4, -0.2) is 12.8 Å². The fraction of sp³-hybridized carbons (Fsp3) is 0.235. The van der Waals surface area contributed by atoms with Crippen LogP contribution in [0.25, 0.3) is 6.08 Å². The molecular weight excluding hydrogens is 336 g/mol. The van der Waals surface area contributed by atoms with Crippen LogP contribution in [0.4, 0.5) is 0 Å². The Morgan fingerprint density at radius 1 is 1.48 bits per heavy atom. The number of aryl methyl sites for hydroxylation is 1. The van der Waals surface area contributed by atoms with Crippen molar-refractivity contribution in [1.29, 1.82) is 0 Å². The van der Waals surface area contributed by atoms with E-state index in [1.807, 2.05) is 18.4 Å². The molecule has 4 nitrogen and oxygen atoms in total. The predicted molar refractivity (Wildman–Crippen MR) is 89.6 cm³/mol. The number of fused-ring (bicyclic) bond motifs is 1. The highest BCUT2D eigenvalue weighted by Crippen LogP contribution is 2.32. The fourth-order valence-electron chi connectivity index (χ4n) is 2.26.